The molecule has 1 unspecified atom stereocenters. The van der Waals surface area contributed by atoms with Gasteiger partial charge in [0, 0.05) is 31.4 Å². The van der Waals surface area contributed by atoms with Gasteiger partial charge in [0.1, 0.15) is 5.69 Å². The van der Waals surface area contributed by atoms with Crippen LogP contribution in [0.2, 0.25) is 0 Å². The number of amides is 1. The molecule has 25 heavy (non-hydrogen) atoms. The van der Waals surface area contributed by atoms with E-state index in [2.05, 4.69) is 20.1 Å². The van der Waals surface area contributed by atoms with Gasteiger partial charge in [-0.2, -0.15) is 16.3 Å². The topological polar surface area (TPSA) is 85.0 Å². The van der Waals surface area contributed by atoms with Crippen molar-refractivity contribution in [2.24, 2.45) is 0 Å². The molecule has 1 atom stereocenters. The minimum atomic E-state index is 0.0920. The number of carbonyl (C=O) groups excluding carboxylic acids is 1. The van der Waals surface area contributed by atoms with E-state index < -0.39 is 0 Å². The van der Waals surface area contributed by atoms with Gasteiger partial charge in [-0.1, -0.05) is 5.16 Å². The molecule has 1 saturated heterocycles. The first-order chi connectivity index (χ1) is 12.3. The molecule has 1 amide bonds. The average Bonchev–Trinajstić information content (AvgIpc) is 3.34. The van der Waals surface area contributed by atoms with Gasteiger partial charge >= 0.3 is 0 Å². The predicted molar refractivity (Wildman–Crippen MR) is 91.9 cm³/mol. The van der Waals surface area contributed by atoms with Gasteiger partial charge < -0.3 is 9.42 Å². The normalized spacial score (nSPS) is 17.6. The summed E-state index contributed by atoms with van der Waals surface area (Å²) >= 11 is 1.61. The molecule has 7 nitrogen and oxygen atoms in total. The third-order valence-corrected chi connectivity index (χ3v) is 5.03. The van der Waals surface area contributed by atoms with E-state index >= 15 is 0 Å². The van der Waals surface area contributed by atoms with Crippen LogP contribution in [-0.2, 0) is 11.2 Å². The first kappa shape index (κ1) is 15.9. The standard InChI is InChI=1S/C17H17N5O2S/c23-15(8-12-3-7-25-11-12)22-6-1-2-13(10-22)16-20-17(24-21-16)14-9-18-4-5-19-14/h3-5,7,9,11,13H,1-2,6,8,10H2. The number of rotatable bonds is 4. The Bertz CT molecular complexity index is 834. The maximum absolute atomic E-state index is 12.5. The van der Waals surface area contributed by atoms with E-state index in [1.165, 1.54) is 0 Å². The number of thiophene rings is 1. The highest BCUT2D eigenvalue weighted by Crippen LogP contribution is 2.27. The van der Waals surface area contributed by atoms with Crippen LogP contribution in [0, 0.1) is 0 Å². The number of carbonyl (C=O) groups is 1. The fraction of sp³-hybridized carbons (Fsp3) is 0.353. The third-order valence-electron chi connectivity index (χ3n) is 4.30. The van der Waals surface area contributed by atoms with Gasteiger partial charge in [0.15, 0.2) is 5.82 Å². The number of likely N-dealkylation sites (tertiary alicyclic amines) is 1. The molecule has 1 aliphatic rings. The average molecular weight is 355 g/mol. The van der Waals surface area contributed by atoms with E-state index in [9.17, 15) is 4.79 Å². The van der Waals surface area contributed by atoms with Gasteiger partial charge in [0.05, 0.1) is 12.6 Å². The molecule has 0 spiro atoms. The Morgan fingerprint density at radius 3 is 3.16 bits per heavy atom. The lowest BCUT2D eigenvalue weighted by Crippen LogP contribution is -2.40. The summed E-state index contributed by atoms with van der Waals surface area (Å²) in [6, 6.07) is 2.00. The third kappa shape index (κ3) is 3.58. The summed E-state index contributed by atoms with van der Waals surface area (Å²) < 4.78 is 5.32. The highest BCUT2D eigenvalue weighted by atomic mass is 32.1. The van der Waals surface area contributed by atoms with Gasteiger partial charge in [-0.25, -0.2) is 4.98 Å². The van der Waals surface area contributed by atoms with Gasteiger partial charge in [0.25, 0.3) is 5.89 Å². The van der Waals surface area contributed by atoms with Crippen LogP contribution in [0.5, 0.6) is 0 Å². The maximum atomic E-state index is 12.5. The first-order valence-corrected chi connectivity index (χ1v) is 9.13. The fourth-order valence-electron chi connectivity index (χ4n) is 3.01. The van der Waals surface area contributed by atoms with E-state index in [0.29, 0.717) is 30.4 Å². The molecule has 0 N–H and O–H groups in total. The molecule has 4 heterocycles. The zero-order valence-electron chi connectivity index (χ0n) is 13.5. The quantitative estimate of drug-likeness (QED) is 0.715. The van der Waals surface area contributed by atoms with Gasteiger partial charge in [-0.3, -0.25) is 9.78 Å². The van der Waals surface area contributed by atoms with Crippen molar-refractivity contribution in [2.45, 2.75) is 25.2 Å². The SMILES string of the molecule is O=C(Cc1ccsc1)N1CCCC(c2noc(-c3cnccn3)n2)C1. The Hall–Kier alpha value is -2.61. The molecule has 3 aromatic heterocycles. The van der Waals surface area contributed by atoms with Crippen molar-refractivity contribution in [3.8, 4) is 11.6 Å². The van der Waals surface area contributed by atoms with Crippen molar-refractivity contribution in [1.82, 2.24) is 25.0 Å². The number of hydrogen-bond acceptors (Lipinski definition) is 7. The van der Waals surface area contributed by atoms with Crippen molar-refractivity contribution >= 4 is 17.2 Å². The second-order valence-electron chi connectivity index (χ2n) is 6.04. The van der Waals surface area contributed by atoms with Crippen LogP contribution in [-0.4, -0.2) is 44.0 Å². The van der Waals surface area contributed by atoms with Crippen molar-refractivity contribution in [1.29, 1.82) is 0 Å². The Balaban J connectivity index is 1.44. The summed E-state index contributed by atoms with van der Waals surface area (Å²) in [5.41, 5.74) is 1.63. The Kier molecular flexibility index (Phi) is 4.51. The van der Waals surface area contributed by atoms with E-state index in [-0.39, 0.29) is 11.8 Å². The van der Waals surface area contributed by atoms with Crippen LogP contribution in [0.4, 0.5) is 0 Å². The smallest absolute Gasteiger partial charge is 0.278 e. The summed E-state index contributed by atoms with van der Waals surface area (Å²) in [5.74, 6) is 1.24. The van der Waals surface area contributed by atoms with Gasteiger partial charge in [-0.05, 0) is 35.2 Å². The molecule has 1 fully saturated rings. The lowest BCUT2D eigenvalue weighted by atomic mass is 9.97. The molecule has 4 rings (SSSR count). The molecular weight excluding hydrogens is 338 g/mol. The van der Waals surface area contributed by atoms with E-state index in [0.717, 1.165) is 24.9 Å². The van der Waals surface area contributed by atoms with E-state index in [1.54, 1.807) is 29.9 Å². The minimum absolute atomic E-state index is 0.0920. The summed E-state index contributed by atoms with van der Waals surface area (Å²) in [6.45, 7) is 1.41. The molecule has 8 heteroatoms. The van der Waals surface area contributed by atoms with E-state index in [4.69, 9.17) is 4.52 Å². The largest absolute Gasteiger partial charge is 0.342 e. The van der Waals surface area contributed by atoms with Crippen LogP contribution in [0.3, 0.4) is 0 Å². The maximum Gasteiger partial charge on any atom is 0.278 e. The van der Waals surface area contributed by atoms with Crippen LogP contribution in [0.25, 0.3) is 11.6 Å². The van der Waals surface area contributed by atoms with Crippen LogP contribution in [0.1, 0.15) is 30.1 Å². The van der Waals surface area contributed by atoms with Crippen molar-refractivity contribution < 1.29 is 9.32 Å². The van der Waals surface area contributed by atoms with Gasteiger partial charge in [-0.15, -0.1) is 0 Å². The molecule has 128 valence electrons. The zero-order chi connectivity index (χ0) is 17.1. The van der Waals surface area contributed by atoms with Crippen LogP contribution in [0.15, 0.2) is 39.9 Å². The molecule has 0 bridgehead atoms. The van der Waals surface area contributed by atoms with Crippen LogP contribution >= 0.6 is 11.3 Å². The lowest BCUT2D eigenvalue weighted by Gasteiger charge is -2.31. The monoisotopic (exact) mass is 355 g/mol. The summed E-state index contributed by atoms with van der Waals surface area (Å²) in [5, 5.41) is 8.11. The molecule has 0 aliphatic carbocycles. The van der Waals surface area contributed by atoms with Crippen molar-refractivity contribution in [2.75, 3.05) is 13.1 Å². The van der Waals surface area contributed by atoms with Crippen molar-refractivity contribution in [3.63, 3.8) is 0 Å². The Morgan fingerprint density at radius 2 is 2.36 bits per heavy atom. The number of hydrogen-bond donors (Lipinski definition) is 0. The molecule has 0 radical (unpaired) electrons. The second-order valence-corrected chi connectivity index (χ2v) is 6.82. The summed E-state index contributed by atoms with van der Waals surface area (Å²) in [4.78, 5) is 27.1. The molecule has 0 saturated carbocycles. The molecule has 3 aromatic rings. The second kappa shape index (κ2) is 7.10. The molecular formula is C17H17N5O2S. The van der Waals surface area contributed by atoms with Crippen LogP contribution < -0.4 is 0 Å². The Labute approximate surface area is 148 Å². The minimum Gasteiger partial charge on any atom is -0.342 e. The number of nitrogens with zero attached hydrogens (tertiary/aromatic N) is 5. The number of piperidine rings is 1. The van der Waals surface area contributed by atoms with Gasteiger partial charge in [0.2, 0.25) is 5.91 Å². The Morgan fingerprint density at radius 1 is 1.40 bits per heavy atom. The van der Waals surface area contributed by atoms with Crippen molar-refractivity contribution in [3.05, 3.63) is 46.8 Å². The molecule has 0 aromatic carbocycles. The molecule has 1 aliphatic heterocycles. The summed E-state index contributed by atoms with van der Waals surface area (Å²) in [6.07, 6.45) is 7.11. The first-order valence-electron chi connectivity index (χ1n) is 8.18. The lowest BCUT2D eigenvalue weighted by molar-refractivity contribution is -0.131. The highest BCUT2D eigenvalue weighted by molar-refractivity contribution is 7.08. The van der Waals surface area contributed by atoms with E-state index in [1.807, 2.05) is 21.7 Å². The highest BCUT2D eigenvalue weighted by Gasteiger charge is 2.28. The number of aromatic nitrogens is 4. The zero-order valence-corrected chi connectivity index (χ0v) is 14.4. The predicted octanol–water partition coefficient (Wildman–Crippen LogP) is 2.54. The fourth-order valence-corrected chi connectivity index (χ4v) is 3.68. The summed E-state index contributed by atoms with van der Waals surface area (Å²) in [7, 11) is 0.